The summed E-state index contributed by atoms with van der Waals surface area (Å²) in [6.45, 7) is 0.392. The van der Waals surface area contributed by atoms with Gasteiger partial charge in [0.15, 0.2) is 0 Å². The van der Waals surface area contributed by atoms with E-state index in [9.17, 15) is 10.1 Å². The van der Waals surface area contributed by atoms with Crippen molar-refractivity contribution in [1.29, 1.82) is 0 Å². The standard InChI is InChI=1S/C14H18N6O3/c1-19(2)18-14-12(20(21)22)13(16-9-17-14)15-8-10-4-6-11(23-3)7-5-10/h4-7,9H,8H2,1-3H3,(H2,15,16,17,18). The number of nitrogens with zero attached hydrogens (tertiary/aromatic N) is 4. The quantitative estimate of drug-likeness (QED) is 0.589. The summed E-state index contributed by atoms with van der Waals surface area (Å²) in [5.74, 6) is 1.04. The third-order valence-electron chi connectivity index (χ3n) is 2.95. The monoisotopic (exact) mass is 318 g/mol. The molecule has 0 amide bonds. The zero-order chi connectivity index (χ0) is 16.8. The number of rotatable bonds is 7. The highest BCUT2D eigenvalue weighted by atomic mass is 16.6. The van der Waals surface area contributed by atoms with Crippen LogP contribution in [0, 0.1) is 10.1 Å². The van der Waals surface area contributed by atoms with Crippen LogP contribution < -0.4 is 15.5 Å². The van der Waals surface area contributed by atoms with Gasteiger partial charge in [-0.15, -0.1) is 0 Å². The molecule has 0 aliphatic rings. The van der Waals surface area contributed by atoms with E-state index in [1.54, 1.807) is 26.2 Å². The number of hydrogen-bond donors (Lipinski definition) is 2. The molecule has 23 heavy (non-hydrogen) atoms. The van der Waals surface area contributed by atoms with Gasteiger partial charge in [0.25, 0.3) is 0 Å². The molecule has 0 spiro atoms. The number of nitro groups is 1. The summed E-state index contributed by atoms with van der Waals surface area (Å²) in [4.78, 5) is 18.7. The van der Waals surface area contributed by atoms with Crippen molar-refractivity contribution in [3.05, 3.63) is 46.3 Å². The molecule has 0 fully saturated rings. The molecule has 0 aliphatic heterocycles. The molecule has 9 heteroatoms. The van der Waals surface area contributed by atoms with Gasteiger partial charge in [-0.1, -0.05) is 12.1 Å². The molecule has 0 aliphatic carbocycles. The molecule has 2 N–H and O–H groups in total. The van der Waals surface area contributed by atoms with Gasteiger partial charge in [0.2, 0.25) is 11.6 Å². The average molecular weight is 318 g/mol. The van der Waals surface area contributed by atoms with E-state index in [2.05, 4.69) is 20.7 Å². The van der Waals surface area contributed by atoms with Crippen molar-refractivity contribution in [2.75, 3.05) is 31.9 Å². The zero-order valence-electron chi connectivity index (χ0n) is 13.1. The van der Waals surface area contributed by atoms with Crippen molar-refractivity contribution in [3.63, 3.8) is 0 Å². The number of nitrogens with one attached hydrogen (secondary N) is 2. The summed E-state index contributed by atoms with van der Waals surface area (Å²) in [6.07, 6.45) is 1.27. The summed E-state index contributed by atoms with van der Waals surface area (Å²) in [6, 6.07) is 7.39. The minimum atomic E-state index is -0.512. The van der Waals surface area contributed by atoms with Gasteiger partial charge in [0, 0.05) is 20.6 Å². The molecule has 0 radical (unpaired) electrons. The largest absolute Gasteiger partial charge is 0.497 e. The summed E-state index contributed by atoms with van der Waals surface area (Å²) in [5, 5.41) is 15.9. The van der Waals surface area contributed by atoms with Crippen LogP contribution >= 0.6 is 0 Å². The number of hydrogen-bond acceptors (Lipinski definition) is 8. The third-order valence-corrected chi connectivity index (χ3v) is 2.95. The maximum atomic E-state index is 11.3. The molecule has 2 aromatic rings. The highest BCUT2D eigenvalue weighted by Gasteiger charge is 2.23. The van der Waals surface area contributed by atoms with E-state index in [0.29, 0.717) is 6.54 Å². The lowest BCUT2D eigenvalue weighted by Crippen LogP contribution is -2.21. The van der Waals surface area contributed by atoms with Crippen molar-refractivity contribution in [2.45, 2.75) is 6.54 Å². The highest BCUT2D eigenvalue weighted by Crippen LogP contribution is 2.29. The number of anilines is 2. The smallest absolute Gasteiger partial charge is 0.354 e. The number of hydrazine groups is 1. The van der Waals surface area contributed by atoms with Gasteiger partial charge in [-0.05, 0) is 17.7 Å². The molecule has 0 saturated heterocycles. The van der Waals surface area contributed by atoms with E-state index < -0.39 is 4.92 Å². The molecule has 2 rings (SSSR count). The SMILES string of the molecule is COc1ccc(CNc2ncnc(NN(C)C)c2[N+](=O)[O-])cc1. The van der Waals surface area contributed by atoms with Crippen LogP contribution in [0.1, 0.15) is 5.56 Å². The molecular formula is C14H18N6O3. The molecule has 1 aromatic carbocycles. The Morgan fingerprint density at radius 2 is 1.87 bits per heavy atom. The first-order valence-corrected chi connectivity index (χ1v) is 6.81. The maximum Gasteiger partial charge on any atom is 0.354 e. The molecule has 9 nitrogen and oxygen atoms in total. The van der Waals surface area contributed by atoms with Crippen molar-refractivity contribution in [2.24, 2.45) is 0 Å². The minimum Gasteiger partial charge on any atom is -0.497 e. The molecule has 0 saturated carbocycles. The predicted molar refractivity (Wildman–Crippen MR) is 86.3 cm³/mol. The number of aromatic nitrogens is 2. The van der Waals surface area contributed by atoms with Crippen LogP contribution in [0.3, 0.4) is 0 Å². The maximum absolute atomic E-state index is 11.3. The van der Waals surface area contributed by atoms with Gasteiger partial charge >= 0.3 is 5.69 Å². The Kier molecular flexibility index (Phi) is 5.26. The van der Waals surface area contributed by atoms with E-state index in [-0.39, 0.29) is 17.3 Å². The van der Waals surface area contributed by atoms with Crippen LogP contribution in [0.4, 0.5) is 17.3 Å². The van der Waals surface area contributed by atoms with Crippen LogP contribution in [0.15, 0.2) is 30.6 Å². The molecule has 1 heterocycles. The van der Waals surface area contributed by atoms with Gasteiger partial charge in [0.05, 0.1) is 12.0 Å². The second-order valence-corrected chi connectivity index (χ2v) is 4.88. The van der Waals surface area contributed by atoms with Crippen LogP contribution in [0.5, 0.6) is 5.75 Å². The van der Waals surface area contributed by atoms with E-state index in [1.165, 1.54) is 6.33 Å². The molecule has 1 aromatic heterocycles. The Balaban J connectivity index is 2.19. The van der Waals surface area contributed by atoms with Crippen LogP contribution in [-0.2, 0) is 6.54 Å². The van der Waals surface area contributed by atoms with Crippen molar-refractivity contribution in [3.8, 4) is 5.75 Å². The van der Waals surface area contributed by atoms with E-state index in [4.69, 9.17) is 4.74 Å². The first-order valence-electron chi connectivity index (χ1n) is 6.81. The molecule has 0 bridgehead atoms. The summed E-state index contributed by atoms with van der Waals surface area (Å²) >= 11 is 0. The minimum absolute atomic E-state index is 0.132. The second kappa shape index (κ2) is 7.36. The molecule has 0 unspecified atom stereocenters. The van der Waals surface area contributed by atoms with Gasteiger partial charge in [0.1, 0.15) is 12.1 Å². The summed E-state index contributed by atoms with van der Waals surface area (Å²) < 4.78 is 5.09. The first-order chi connectivity index (χ1) is 11.0. The Morgan fingerprint density at radius 1 is 1.22 bits per heavy atom. The summed E-state index contributed by atoms with van der Waals surface area (Å²) in [7, 11) is 5.03. The predicted octanol–water partition coefficient (Wildman–Crippen LogP) is 1.89. The Labute approximate surface area is 133 Å². The second-order valence-electron chi connectivity index (χ2n) is 4.88. The third kappa shape index (κ3) is 4.27. The normalized spacial score (nSPS) is 10.4. The fraction of sp³-hybridized carbons (Fsp3) is 0.286. The number of methoxy groups -OCH3 is 1. The average Bonchev–Trinajstić information content (AvgIpc) is 2.52. The van der Waals surface area contributed by atoms with Crippen molar-refractivity contribution < 1.29 is 9.66 Å². The topological polar surface area (TPSA) is 105 Å². The molecule has 122 valence electrons. The van der Waals surface area contributed by atoms with E-state index in [0.717, 1.165) is 11.3 Å². The van der Waals surface area contributed by atoms with Gasteiger partial charge < -0.3 is 10.1 Å². The lowest BCUT2D eigenvalue weighted by Gasteiger charge is -2.14. The molecular weight excluding hydrogens is 300 g/mol. The van der Waals surface area contributed by atoms with Crippen LogP contribution in [0.2, 0.25) is 0 Å². The lowest BCUT2D eigenvalue weighted by atomic mass is 10.2. The van der Waals surface area contributed by atoms with Gasteiger partial charge in [-0.3, -0.25) is 15.5 Å². The highest BCUT2D eigenvalue weighted by molar-refractivity contribution is 5.68. The Hall–Kier alpha value is -2.94. The van der Waals surface area contributed by atoms with Crippen molar-refractivity contribution in [1.82, 2.24) is 15.0 Å². The van der Waals surface area contributed by atoms with E-state index >= 15 is 0 Å². The van der Waals surface area contributed by atoms with E-state index in [1.807, 2.05) is 24.3 Å². The Bertz CT molecular complexity index is 675. The fourth-order valence-electron chi connectivity index (χ4n) is 1.90. The van der Waals surface area contributed by atoms with Crippen LogP contribution in [0.25, 0.3) is 0 Å². The number of benzene rings is 1. The Morgan fingerprint density at radius 3 is 2.43 bits per heavy atom. The lowest BCUT2D eigenvalue weighted by molar-refractivity contribution is -0.383. The first kappa shape index (κ1) is 16.4. The fourth-order valence-corrected chi connectivity index (χ4v) is 1.90. The van der Waals surface area contributed by atoms with Gasteiger partial charge in [-0.25, -0.2) is 15.0 Å². The molecule has 0 atom stereocenters. The summed E-state index contributed by atoms with van der Waals surface area (Å²) in [5.41, 5.74) is 3.54. The zero-order valence-corrected chi connectivity index (χ0v) is 13.1. The van der Waals surface area contributed by atoms with Crippen molar-refractivity contribution >= 4 is 17.3 Å². The van der Waals surface area contributed by atoms with Gasteiger partial charge in [-0.2, -0.15) is 0 Å². The number of ether oxygens (including phenoxy) is 1. The van der Waals surface area contributed by atoms with Crippen LogP contribution in [-0.4, -0.2) is 41.1 Å².